The van der Waals surface area contributed by atoms with Crippen LogP contribution in [0, 0.1) is 19.0 Å². The van der Waals surface area contributed by atoms with Crippen LogP contribution in [0.3, 0.4) is 0 Å². The van der Waals surface area contributed by atoms with E-state index < -0.39 is 58.9 Å². The van der Waals surface area contributed by atoms with Crippen LogP contribution in [0.1, 0.15) is 26.4 Å². The molecular formula is C32H19F9IrN2-2. The predicted octanol–water partition coefficient (Wildman–Crippen LogP) is 10.1. The van der Waals surface area contributed by atoms with E-state index in [-0.39, 0.29) is 26.2 Å². The van der Waals surface area contributed by atoms with Gasteiger partial charge in [0.1, 0.15) is 0 Å². The number of hydrogen-bond donors (Lipinski definition) is 0. The molecule has 12 heteroatoms. The van der Waals surface area contributed by atoms with E-state index in [4.69, 9.17) is 4.11 Å². The first kappa shape index (κ1) is 30.0. The van der Waals surface area contributed by atoms with Crippen molar-refractivity contribution < 1.29 is 63.7 Å². The van der Waals surface area contributed by atoms with Gasteiger partial charge in [-0.1, -0.05) is 48.5 Å². The van der Waals surface area contributed by atoms with Crippen LogP contribution in [0.15, 0.2) is 97.3 Å². The Balaban J connectivity index is 0.000000271. The van der Waals surface area contributed by atoms with Gasteiger partial charge in [-0.15, -0.1) is 53.6 Å². The smallest absolute Gasteiger partial charge is 0.305 e. The standard InChI is InChI=1S/C17H12N.C15H7F9N.Ir/c1-3-7-14(8-4-1)16-11-12-18-17(13-16)15-9-5-2-6-10-15;1-7-2-5-10(25-6-7)8-3-4-9(13(16,17)18)12(15(22,23)24)11(8)14(19,20)21;/h1-9,11-13H;2,4-6H,1H3;/q2*-1;/i;1D3;. The van der Waals surface area contributed by atoms with Crippen molar-refractivity contribution in [1.82, 2.24) is 9.97 Å². The summed E-state index contributed by atoms with van der Waals surface area (Å²) in [5, 5.41) is 0. The average Bonchev–Trinajstić information content (AvgIpc) is 3.00. The van der Waals surface area contributed by atoms with Crippen molar-refractivity contribution in [3.8, 4) is 33.6 Å². The molecule has 0 unspecified atom stereocenters. The van der Waals surface area contributed by atoms with E-state index in [2.05, 4.69) is 34.2 Å². The number of aryl methyl sites for hydroxylation is 1. The number of nitrogens with zero attached hydrogens (tertiary/aromatic N) is 2. The molecule has 0 spiro atoms. The fourth-order valence-corrected chi connectivity index (χ4v) is 4.03. The molecule has 0 atom stereocenters. The molecule has 1 radical (unpaired) electrons. The predicted molar refractivity (Wildman–Crippen MR) is 142 cm³/mol. The molecule has 0 aliphatic heterocycles. The van der Waals surface area contributed by atoms with Crippen LogP contribution in [-0.2, 0) is 38.6 Å². The summed E-state index contributed by atoms with van der Waals surface area (Å²) in [5.74, 6) is 0. The third-order valence-electron chi connectivity index (χ3n) is 5.87. The quantitative estimate of drug-likeness (QED) is 0.134. The second-order valence-electron chi connectivity index (χ2n) is 8.82. The molecule has 0 saturated carbocycles. The third kappa shape index (κ3) is 8.33. The van der Waals surface area contributed by atoms with E-state index in [9.17, 15) is 39.5 Å². The van der Waals surface area contributed by atoms with Gasteiger partial charge in [0, 0.05) is 36.6 Å². The van der Waals surface area contributed by atoms with Gasteiger partial charge in [-0.2, -0.15) is 39.5 Å². The molecular weight excluding hydrogens is 776 g/mol. The molecule has 44 heavy (non-hydrogen) atoms. The summed E-state index contributed by atoms with van der Waals surface area (Å²) in [7, 11) is 0. The van der Waals surface area contributed by atoms with E-state index in [0.29, 0.717) is 12.3 Å². The number of alkyl halides is 9. The van der Waals surface area contributed by atoms with E-state index in [0.717, 1.165) is 17.3 Å². The maximum absolute atomic E-state index is 13.4. The minimum absolute atomic E-state index is 0. The Morgan fingerprint density at radius 1 is 0.659 bits per heavy atom. The Kier molecular flexibility index (Phi) is 9.37. The summed E-state index contributed by atoms with van der Waals surface area (Å²) in [6.45, 7) is -2.70. The molecule has 0 fully saturated rings. The number of benzene rings is 3. The van der Waals surface area contributed by atoms with Gasteiger partial charge in [-0.25, -0.2) is 0 Å². The Bertz CT molecular complexity index is 1720. The number of hydrogen-bond acceptors (Lipinski definition) is 2. The molecule has 5 rings (SSSR count). The molecule has 0 bridgehead atoms. The number of pyridine rings is 2. The first-order chi connectivity index (χ1) is 21.4. The Labute approximate surface area is 264 Å². The molecule has 0 N–H and O–H groups in total. The van der Waals surface area contributed by atoms with Crippen molar-refractivity contribution in [2.75, 3.05) is 0 Å². The molecule has 0 amide bonds. The van der Waals surface area contributed by atoms with Crippen LogP contribution >= 0.6 is 0 Å². The topological polar surface area (TPSA) is 25.8 Å². The maximum atomic E-state index is 13.4. The molecule has 231 valence electrons. The fourth-order valence-electron chi connectivity index (χ4n) is 4.03. The first-order valence-corrected chi connectivity index (χ1v) is 12.1. The van der Waals surface area contributed by atoms with E-state index >= 15 is 0 Å². The summed E-state index contributed by atoms with van der Waals surface area (Å²) in [5.41, 5.74) is -6.33. The molecule has 3 aromatic carbocycles. The van der Waals surface area contributed by atoms with Crippen molar-refractivity contribution >= 4 is 0 Å². The van der Waals surface area contributed by atoms with Gasteiger partial charge in [0.2, 0.25) is 0 Å². The average molecular weight is 798 g/mol. The number of aromatic nitrogens is 2. The molecule has 2 nitrogen and oxygen atoms in total. The van der Waals surface area contributed by atoms with Crippen molar-refractivity contribution in [3.63, 3.8) is 0 Å². The first-order valence-electron chi connectivity index (χ1n) is 13.6. The van der Waals surface area contributed by atoms with Crippen LogP contribution in [-0.4, -0.2) is 9.97 Å². The molecule has 2 aromatic heterocycles. The molecule has 5 aromatic rings. The summed E-state index contributed by atoms with van der Waals surface area (Å²) < 4.78 is 140. The fraction of sp³-hybridized carbons (Fsp3) is 0.125. The normalized spacial score (nSPS) is 13.0. The zero-order valence-electron chi connectivity index (χ0n) is 24.9. The molecule has 0 aliphatic carbocycles. The van der Waals surface area contributed by atoms with Crippen molar-refractivity contribution in [2.24, 2.45) is 0 Å². The van der Waals surface area contributed by atoms with Gasteiger partial charge in [-0.3, -0.25) is 0 Å². The van der Waals surface area contributed by atoms with Gasteiger partial charge in [0.05, 0.1) is 0 Å². The summed E-state index contributed by atoms with van der Waals surface area (Å²) in [6, 6.07) is 28.3. The largest absolute Gasteiger partial charge is 0.401 e. The maximum Gasteiger partial charge on any atom is 0.401 e. The second-order valence-corrected chi connectivity index (χ2v) is 8.82. The van der Waals surface area contributed by atoms with Crippen molar-refractivity contribution in [1.29, 1.82) is 0 Å². The SMILES string of the molecule is [2H]C([2H])([2H])c1ccc(-c2[c-]cc(C(F)(F)F)c(C(F)(F)F)c2C(F)(F)F)nc1.[Ir].[c-]1ccccc1-c1cc(-c2ccccc2)ccn1. The zero-order valence-corrected chi connectivity index (χ0v) is 24.3. The van der Waals surface area contributed by atoms with Gasteiger partial charge in [-0.05, 0) is 57.7 Å². The third-order valence-corrected chi connectivity index (χ3v) is 5.87. The van der Waals surface area contributed by atoms with Gasteiger partial charge < -0.3 is 9.97 Å². The Morgan fingerprint density at radius 3 is 1.89 bits per heavy atom. The Morgan fingerprint density at radius 2 is 1.34 bits per heavy atom. The van der Waals surface area contributed by atoms with Crippen LogP contribution in [0.2, 0.25) is 0 Å². The summed E-state index contributed by atoms with van der Waals surface area (Å²) >= 11 is 0. The van der Waals surface area contributed by atoms with Crippen molar-refractivity contribution in [3.05, 3.63) is 132 Å². The molecule has 0 saturated heterocycles. The van der Waals surface area contributed by atoms with Crippen LogP contribution in [0.4, 0.5) is 39.5 Å². The van der Waals surface area contributed by atoms with Gasteiger partial charge >= 0.3 is 18.5 Å². The Hall–Kier alpha value is -4.02. The van der Waals surface area contributed by atoms with Crippen LogP contribution in [0.5, 0.6) is 0 Å². The summed E-state index contributed by atoms with van der Waals surface area (Å²) in [4.78, 5) is 7.77. The van der Waals surface area contributed by atoms with E-state index in [1.165, 1.54) is 11.1 Å². The van der Waals surface area contributed by atoms with Gasteiger partial charge in [0.25, 0.3) is 0 Å². The van der Waals surface area contributed by atoms with Gasteiger partial charge in [0.15, 0.2) is 0 Å². The van der Waals surface area contributed by atoms with Crippen molar-refractivity contribution in [2.45, 2.75) is 25.4 Å². The minimum atomic E-state index is -5.99. The summed E-state index contributed by atoms with van der Waals surface area (Å²) in [6.07, 6.45) is -15.1. The number of halogens is 9. The monoisotopic (exact) mass is 798 g/mol. The minimum Gasteiger partial charge on any atom is -0.305 e. The molecule has 2 heterocycles. The van der Waals surface area contributed by atoms with E-state index in [1.807, 2.05) is 54.7 Å². The zero-order chi connectivity index (χ0) is 33.9. The molecule has 0 aliphatic rings. The van der Waals surface area contributed by atoms with Crippen LogP contribution < -0.4 is 0 Å². The second kappa shape index (κ2) is 13.7. The number of rotatable bonds is 3. The van der Waals surface area contributed by atoms with E-state index in [1.54, 1.807) is 6.07 Å². The van der Waals surface area contributed by atoms with Crippen LogP contribution in [0.25, 0.3) is 33.6 Å².